The molecule has 4 heteroatoms. The maximum absolute atomic E-state index is 6.22. The van der Waals surface area contributed by atoms with Gasteiger partial charge in [0, 0.05) is 42.7 Å². The van der Waals surface area contributed by atoms with Gasteiger partial charge in [0.1, 0.15) is 0 Å². The Bertz CT molecular complexity index is 412. The number of ether oxygens (including phenoxy) is 2. The molecule has 1 atom stereocenters. The fourth-order valence-electron chi connectivity index (χ4n) is 4.19. The monoisotopic (exact) mass is 324 g/mol. The van der Waals surface area contributed by atoms with Crippen molar-refractivity contribution in [1.82, 2.24) is 9.80 Å². The molecule has 0 N–H and O–H groups in total. The van der Waals surface area contributed by atoms with Crippen LogP contribution in [-0.4, -0.2) is 73.0 Å². The van der Waals surface area contributed by atoms with Crippen LogP contribution in [0.5, 0.6) is 0 Å². The van der Waals surface area contributed by atoms with Crippen LogP contribution in [0.1, 0.15) is 53.9 Å². The van der Waals surface area contributed by atoms with E-state index in [1.54, 1.807) is 0 Å². The van der Waals surface area contributed by atoms with Crippen LogP contribution in [-0.2, 0) is 9.47 Å². The molecule has 23 heavy (non-hydrogen) atoms. The summed E-state index contributed by atoms with van der Waals surface area (Å²) in [5, 5.41) is 0. The number of nitrogens with zero attached hydrogens (tertiary/aromatic N) is 2. The lowest BCUT2D eigenvalue weighted by molar-refractivity contribution is -0.109. The highest BCUT2D eigenvalue weighted by molar-refractivity contribution is 4.99. The Hall–Kier alpha value is -0.160. The lowest BCUT2D eigenvalue weighted by atomic mass is 9.85. The van der Waals surface area contributed by atoms with Gasteiger partial charge >= 0.3 is 0 Å². The molecular formula is C19H36N2O2. The van der Waals surface area contributed by atoms with Crippen LogP contribution in [0, 0.1) is 5.41 Å². The molecule has 3 rings (SSSR count). The van der Waals surface area contributed by atoms with Gasteiger partial charge in [-0.15, -0.1) is 0 Å². The van der Waals surface area contributed by atoms with Gasteiger partial charge in [-0.05, 0) is 60.4 Å². The zero-order chi connectivity index (χ0) is 16.7. The molecule has 0 saturated carbocycles. The Labute approximate surface area is 142 Å². The average molecular weight is 325 g/mol. The fourth-order valence-corrected chi connectivity index (χ4v) is 4.19. The van der Waals surface area contributed by atoms with Crippen molar-refractivity contribution in [3.05, 3.63) is 0 Å². The van der Waals surface area contributed by atoms with Gasteiger partial charge in [0.2, 0.25) is 0 Å². The first-order valence-electron chi connectivity index (χ1n) is 9.40. The topological polar surface area (TPSA) is 24.9 Å². The minimum atomic E-state index is 0.238. The third-order valence-electron chi connectivity index (χ3n) is 6.27. The molecule has 0 aliphatic carbocycles. The van der Waals surface area contributed by atoms with Crippen LogP contribution in [0.15, 0.2) is 0 Å². The van der Waals surface area contributed by atoms with Crippen molar-refractivity contribution in [1.29, 1.82) is 0 Å². The molecule has 3 aliphatic heterocycles. The first-order chi connectivity index (χ1) is 10.7. The Kier molecular flexibility index (Phi) is 4.83. The molecule has 0 aromatic carbocycles. The van der Waals surface area contributed by atoms with Crippen molar-refractivity contribution in [2.75, 3.05) is 46.0 Å². The Balaban J connectivity index is 1.40. The summed E-state index contributed by atoms with van der Waals surface area (Å²) in [4.78, 5) is 5.21. The molecule has 3 aliphatic rings. The van der Waals surface area contributed by atoms with Crippen molar-refractivity contribution in [3.8, 4) is 0 Å². The standard InChI is InChI=1S/C19H36N2O2/c1-17(2,3)20-9-6-16(12-20)23-11-8-18(4,5)21-10-7-19(13-21)14-22-15-19/h16H,6-15H2,1-5H3. The van der Waals surface area contributed by atoms with Crippen LogP contribution in [0.25, 0.3) is 0 Å². The van der Waals surface area contributed by atoms with E-state index < -0.39 is 0 Å². The number of rotatable bonds is 5. The van der Waals surface area contributed by atoms with Crippen LogP contribution < -0.4 is 0 Å². The van der Waals surface area contributed by atoms with Crippen molar-refractivity contribution in [3.63, 3.8) is 0 Å². The Morgan fingerprint density at radius 2 is 1.83 bits per heavy atom. The van der Waals surface area contributed by atoms with Crippen LogP contribution in [0.2, 0.25) is 0 Å². The lowest BCUT2D eigenvalue weighted by Gasteiger charge is -2.41. The van der Waals surface area contributed by atoms with E-state index in [0.717, 1.165) is 32.8 Å². The SMILES string of the molecule is CC(C)(C)N1CCC(OCCC(C)(C)N2CCC3(COC3)C2)C1. The van der Waals surface area contributed by atoms with Crippen molar-refractivity contribution >= 4 is 0 Å². The molecule has 0 aromatic rings. The zero-order valence-electron chi connectivity index (χ0n) is 15.9. The molecule has 0 radical (unpaired) electrons. The van der Waals surface area contributed by atoms with E-state index >= 15 is 0 Å². The largest absolute Gasteiger partial charge is 0.380 e. The predicted molar refractivity (Wildman–Crippen MR) is 93.8 cm³/mol. The molecule has 1 spiro atoms. The third-order valence-corrected chi connectivity index (χ3v) is 6.27. The summed E-state index contributed by atoms with van der Waals surface area (Å²) < 4.78 is 11.7. The summed E-state index contributed by atoms with van der Waals surface area (Å²) in [7, 11) is 0. The molecule has 1 unspecified atom stereocenters. The van der Waals surface area contributed by atoms with Gasteiger partial charge < -0.3 is 9.47 Å². The molecule has 0 amide bonds. The predicted octanol–water partition coefficient (Wildman–Crippen LogP) is 2.77. The van der Waals surface area contributed by atoms with E-state index in [9.17, 15) is 0 Å². The summed E-state index contributed by atoms with van der Waals surface area (Å²) >= 11 is 0. The van der Waals surface area contributed by atoms with Crippen LogP contribution >= 0.6 is 0 Å². The minimum Gasteiger partial charge on any atom is -0.380 e. The average Bonchev–Trinajstić information content (AvgIpc) is 3.04. The summed E-state index contributed by atoms with van der Waals surface area (Å²) in [6.07, 6.45) is 4.04. The molecule has 3 fully saturated rings. The van der Waals surface area contributed by atoms with E-state index in [0.29, 0.717) is 11.5 Å². The Morgan fingerprint density at radius 1 is 1.09 bits per heavy atom. The second kappa shape index (κ2) is 6.29. The first-order valence-corrected chi connectivity index (χ1v) is 9.40. The molecular weight excluding hydrogens is 288 g/mol. The molecule has 3 heterocycles. The number of hydrogen-bond acceptors (Lipinski definition) is 4. The van der Waals surface area contributed by atoms with Crippen molar-refractivity contribution < 1.29 is 9.47 Å². The molecule has 3 saturated heterocycles. The summed E-state index contributed by atoms with van der Waals surface area (Å²) in [5.41, 5.74) is 0.990. The fraction of sp³-hybridized carbons (Fsp3) is 1.00. The normalized spacial score (nSPS) is 29.3. The van der Waals surface area contributed by atoms with E-state index in [2.05, 4.69) is 44.4 Å². The number of likely N-dealkylation sites (tertiary alicyclic amines) is 2. The highest BCUT2D eigenvalue weighted by Crippen LogP contribution is 2.40. The second-order valence-electron chi connectivity index (χ2n) is 9.63. The van der Waals surface area contributed by atoms with E-state index in [1.165, 1.54) is 32.5 Å². The van der Waals surface area contributed by atoms with Gasteiger partial charge in [-0.2, -0.15) is 0 Å². The minimum absolute atomic E-state index is 0.238. The smallest absolute Gasteiger partial charge is 0.0714 e. The van der Waals surface area contributed by atoms with Crippen molar-refractivity contribution in [2.24, 2.45) is 5.41 Å². The highest BCUT2D eigenvalue weighted by atomic mass is 16.5. The van der Waals surface area contributed by atoms with Gasteiger partial charge in [0.05, 0.1) is 19.3 Å². The number of hydrogen-bond donors (Lipinski definition) is 0. The van der Waals surface area contributed by atoms with E-state index in [-0.39, 0.29) is 11.1 Å². The van der Waals surface area contributed by atoms with Gasteiger partial charge in [-0.25, -0.2) is 0 Å². The van der Waals surface area contributed by atoms with Crippen molar-refractivity contribution in [2.45, 2.75) is 71.1 Å². The van der Waals surface area contributed by atoms with Gasteiger partial charge in [-0.3, -0.25) is 9.80 Å². The van der Waals surface area contributed by atoms with Crippen LogP contribution in [0.4, 0.5) is 0 Å². The summed E-state index contributed by atoms with van der Waals surface area (Å²) in [5.74, 6) is 0. The molecule has 4 nitrogen and oxygen atoms in total. The van der Waals surface area contributed by atoms with E-state index in [4.69, 9.17) is 9.47 Å². The first kappa shape index (κ1) is 17.7. The van der Waals surface area contributed by atoms with Gasteiger partial charge in [0.25, 0.3) is 0 Å². The van der Waals surface area contributed by atoms with Gasteiger partial charge in [-0.1, -0.05) is 0 Å². The van der Waals surface area contributed by atoms with Crippen LogP contribution in [0.3, 0.4) is 0 Å². The maximum atomic E-state index is 6.22. The molecule has 0 aromatic heterocycles. The quantitative estimate of drug-likeness (QED) is 0.776. The van der Waals surface area contributed by atoms with Gasteiger partial charge in [0.15, 0.2) is 0 Å². The molecule has 134 valence electrons. The Morgan fingerprint density at radius 3 is 2.35 bits per heavy atom. The lowest BCUT2D eigenvalue weighted by Crippen LogP contribution is -2.49. The highest BCUT2D eigenvalue weighted by Gasteiger charge is 2.47. The third kappa shape index (κ3) is 3.92. The molecule has 0 bridgehead atoms. The zero-order valence-corrected chi connectivity index (χ0v) is 15.9. The summed E-state index contributed by atoms with van der Waals surface area (Å²) in [6, 6.07) is 0. The summed E-state index contributed by atoms with van der Waals surface area (Å²) in [6.45, 7) is 19.2. The second-order valence-corrected chi connectivity index (χ2v) is 9.63. The van der Waals surface area contributed by atoms with E-state index in [1.807, 2.05) is 0 Å². The maximum Gasteiger partial charge on any atom is 0.0714 e.